The van der Waals surface area contributed by atoms with E-state index in [4.69, 9.17) is 4.74 Å². The molecule has 2 fully saturated rings. The molecule has 0 heterocycles. The molecule has 2 aliphatic carbocycles. The molecular weight excluding hydrogens is 200 g/mol. The Balaban J connectivity index is 1.85. The fourth-order valence-electron chi connectivity index (χ4n) is 3.19. The van der Waals surface area contributed by atoms with Gasteiger partial charge >= 0.3 is 5.97 Å². The van der Waals surface area contributed by atoms with E-state index in [1.807, 2.05) is 0 Å². The molecule has 0 N–H and O–H groups in total. The Hall–Kier alpha value is -0.790. The average Bonchev–Trinajstić information content (AvgIpc) is 2.28. The lowest BCUT2D eigenvalue weighted by molar-refractivity contribution is -0.147. The summed E-state index contributed by atoms with van der Waals surface area (Å²) in [5.74, 6) is 1.51. The molecule has 90 valence electrons. The summed E-state index contributed by atoms with van der Waals surface area (Å²) in [6.45, 7) is 5.34. The normalized spacial score (nSPS) is 33.9. The second kappa shape index (κ2) is 5.03. The minimum atomic E-state index is -0.209. The standard InChI is InChI=1S/C14H22O2/c1-10(2)14(15)16-13-8-7-11-5-3-4-6-12(11)9-13/h11-13H,1,3-9H2,2H3. The molecule has 0 bridgehead atoms. The van der Waals surface area contributed by atoms with Crippen molar-refractivity contribution in [2.75, 3.05) is 0 Å². The third kappa shape index (κ3) is 2.66. The van der Waals surface area contributed by atoms with E-state index in [2.05, 4.69) is 6.58 Å². The fourth-order valence-corrected chi connectivity index (χ4v) is 3.19. The molecule has 0 radical (unpaired) electrons. The van der Waals surface area contributed by atoms with Crippen LogP contribution in [0.1, 0.15) is 51.9 Å². The molecule has 2 rings (SSSR count). The van der Waals surface area contributed by atoms with Crippen LogP contribution < -0.4 is 0 Å². The van der Waals surface area contributed by atoms with Crippen molar-refractivity contribution in [3.05, 3.63) is 12.2 Å². The molecule has 2 aliphatic rings. The van der Waals surface area contributed by atoms with Gasteiger partial charge in [-0.25, -0.2) is 4.79 Å². The molecule has 16 heavy (non-hydrogen) atoms. The first-order valence-electron chi connectivity index (χ1n) is 6.53. The number of rotatable bonds is 2. The molecule has 0 aromatic carbocycles. The van der Waals surface area contributed by atoms with Gasteiger partial charge in [0.25, 0.3) is 0 Å². The van der Waals surface area contributed by atoms with Crippen molar-refractivity contribution < 1.29 is 9.53 Å². The highest BCUT2D eigenvalue weighted by Gasteiger charge is 2.33. The van der Waals surface area contributed by atoms with E-state index in [0.717, 1.165) is 24.7 Å². The summed E-state index contributed by atoms with van der Waals surface area (Å²) < 4.78 is 5.46. The Morgan fingerprint density at radius 3 is 2.50 bits per heavy atom. The average molecular weight is 222 g/mol. The van der Waals surface area contributed by atoms with Crippen molar-refractivity contribution in [2.24, 2.45) is 11.8 Å². The summed E-state index contributed by atoms with van der Waals surface area (Å²) in [5.41, 5.74) is 0.519. The molecule has 0 spiro atoms. The van der Waals surface area contributed by atoms with E-state index >= 15 is 0 Å². The summed E-state index contributed by atoms with van der Waals surface area (Å²) in [7, 11) is 0. The van der Waals surface area contributed by atoms with E-state index in [-0.39, 0.29) is 12.1 Å². The summed E-state index contributed by atoms with van der Waals surface area (Å²) in [5, 5.41) is 0. The number of esters is 1. The Morgan fingerprint density at radius 2 is 1.81 bits per heavy atom. The predicted molar refractivity (Wildman–Crippen MR) is 64.0 cm³/mol. The number of hydrogen-bond donors (Lipinski definition) is 0. The van der Waals surface area contributed by atoms with Gasteiger partial charge in [-0.1, -0.05) is 32.3 Å². The van der Waals surface area contributed by atoms with Crippen molar-refractivity contribution >= 4 is 5.97 Å². The van der Waals surface area contributed by atoms with Gasteiger partial charge < -0.3 is 4.74 Å². The lowest BCUT2D eigenvalue weighted by Gasteiger charge is -2.38. The van der Waals surface area contributed by atoms with Crippen LogP contribution in [-0.2, 0) is 9.53 Å². The van der Waals surface area contributed by atoms with Crippen molar-refractivity contribution in [3.63, 3.8) is 0 Å². The maximum Gasteiger partial charge on any atom is 0.333 e. The van der Waals surface area contributed by atoms with Gasteiger partial charge in [-0.15, -0.1) is 0 Å². The Bertz CT molecular complexity index is 282. The van der Waals surface area contributed by atoms with Gasteiger partial charge in [-0.05, 0) is 38.0 Å². The Morgan fingerprint density at radius 1 is 1.12 bits per heavy atom. The molecule has 0 aromatic rings. The fraction of sp³-hybridized carbons (Fsp3) is 0.786. The lowest BCUT2D eigenvalue weighted by Crippen LogP contribution is -2.33. The predicted octanol–water partition coefficient (Wildman–Crippen LogP) is 3.46. The minimum absolute atomic E-state index is 0.156. The number of hydrogen-bond acceptors (Lipinski definition) is 2. The first kappa shape index (κ1) is 11.7. The van der Waals surface area contributed by atoms with E-state index in [9.17, 15) is 4.79 Å². The van der Waals surface area contributed by atoms with Crippen LogP contribution in [-0.4, -0.2) is 12.1 Å². The van der Waals surface area contributed by atoms with Crippen LogP contribution in [0.4, 0.5) is 0 Å². The summed E-state index contributed by atoms with van der Waals surface area (Å²) in [6.07, 6.45) is 9.04. The summed E-state index contributed by atoms with van der Waals surface area (Å²) >= 11 is 0. The maximum atomic E-state index is 11.4. The second-order valence-corrected chi connectivity index (χ2v) is 5.43. The number of fused-ring (bicyclic) bond motifs is 1. The van der Waals surface area contributed by atoms with Crippen LogP contribution in [0.2, 0.25) is 0 Å². The number of carbonyl (C=O) groups is 1. The molecular formula is C14H22O2. The molecule has 0 amide bonds. The maximum absolute atomic E-state index is 11.4. The van der Waals surface area contributed by atoms with Gasteiger partial charge in [-0.2, -0.15) is 0 Å². The largest absolute Gasteiger partial charge is 0.459 e. The summed E-state index contributed by atoms with van der Waals surface area (Å²) in [6, 6.07) is 0. The third-order valence-corrected chi connectivity index (χ3v) is 4.11. The van der Waals surface area contributed by atoms with Gasteiger partial charge in [0.2, 0.25) is 0 Å². The van der Waals surface area contributed by atoms with E-state index < -0.39 is 0 Å². The molecule has 0 saturated heterocycles. The van der Waals surface area contributed by atoms with Crippen molar-refractivity contribution in [2.45, 2.75) is 58.0 Å². The van der Waals surface area contributed by atoms with Gasteiger partial charge in [0.1, 0.15) is 6.10 Å². The second-order valence-electron chi connectivity index (χ2n) is 5.43. The highest BCUT2D eigenvalue weighted by atomic mass is 16.5. The SMILES string of the molecule is C=C(C)C(=O)OC1CCC2CCCCC2C1. The summed E-state index contributed by atoms with van der Waals surface area (Å²) in [4.78, 5) is 11.4. The van der Waals surface area contributed by atoms with Crippen molar-refractivity contribution in [1.82, 2.24) is 0 Å². The van der Waals surface area contributed by atoms with Gasteiger partial charge in [0, 0.05) is 5.57 Å². The van der Waals surface area contributed by atoms with E-state index in [0.29, 0.717) is 5.57 Å². The smallest absolute Gasteiger partial charge is 0.333 e. The van der Waals surface area contributed by atoms with Crippen LogP contribution in [0.3, 0.4) is 0 Å². The number of ether oxygens (including phenoxy) is 1. The zero-order valence-electron chi connectivity index (χ0n) is 10.2. The van der Waals surface area contributed by atoms with Gasteiger partial charge in [0.15, 0.2) is 0 Å². The van der Waals surface area contributed by atoms with Crippen LogP contribution in [0, 0.1) is 11.8 Å². The molecule has 2 heteroatoms. The topological polar surface area (TPSA) is 26.3 Å². The highest BCUT2D eigenvalue weighted by Crippen LogP contribution is 2.41. The zero-order valence-corrected chi connectivity index (χ0v) is 10.2. The molecule has 2 saturated carbocycles. The van der Waals surface area contributed by atoms with Crippen LogP contribution in [0.15, 0.2) is 12.2 Å². The van der Waals surface area contributed by atoms with Gasteiger partial charge in [0.05, 0.1) is 0 Å². The van der Waals surface area contributed by atoms with E-state index in [1.165, 1.54) is 32.1 Å². The Labute approximate surface area is 98.1 Å². The zero-order chi connectivity index (χ0) is 11.5. The first-order chi connectivity index (χ1) is 7.66. The Kier molecular flexibility index (Phi) is 3.67. The molecule has 2 nitrogen and oxygen atoms in total. The lowest BCUT2D eigenvalue weighted by atomic mass is 9.70. The van der Waals surface area contributed by atoms with Crippen molar-refractivity contribution in [3.8, 4) is 0 Å². The van der Waals surface area contributed by atoms with Crippen LogP contribution >= 0.6 is 0 Å². The van der Waals surface area contributed by atoms with Crippen molar-refractivity contribution in [1.29, 1.82) is 0 Å². The van der Waals surface area contributed by atoms with Crippen LogP contribution in [0.5, 0.6) is 0 Å². The van der Waals surface area contributed by atoms with Crippen LogP contribution in [0.25, 0.3) is 0 Å². The highest BCUT2D eigenvalue weighted by molar-refractivity contribution is 5.87. The first-order valence-corrected chi connectivity index (χ1v) is 6.53. The monoisotopic (exact) mass is 222 g/mol. The molecule has 0 aliphatic heterocycles. The molecule has 0 aromatic heterocycles. The minimum Gasteiger partial charge on any atom is -0.459 e. The van der Waals surface area contributed by atoms with Gasteiger partial charge in [-0.3, -0.25) is 0 Å². The van der Waals surface area contributed by atoms with E-state index in [1.54, 1.807) is 6.92 Å². The third-order valence-electron chi connectivity index (χ3n) is 4.11. The quantitative estimate of drug-likeness (QED) is 0.528. The molecule has 3 unspecified atom stereocenters. The number of carbonyl (C=O) groups excluding carboxylic acids is 1. The molecule has 3 atom stereocenters.